The maximum absolute atomic E-state index is 11.1. The van der Waals surface area contributed by atoms with E-state index in [4.69, 9.17) is 0 Å². The van der Waals surface area contributed by atoms with Crippen molar-refractivity contribution in [2.75, 3.05) is 0 Å². The molecule has 0 unspecified atom stereocenters. The Morgan fingerprint density at radius 3 is 2.70 bits per heavy atom. The maximum Gasteiger partial charge on any atom is 0.145 e. The molecule has 0 aromatic carbocycles. The first-order chi connectivity index (χ1) is 4.61. The summed E-state index contributed by atoms with van der Waals surface area (Å²) in [5.74, 6) is 0.106. The number of aliphatic hydroxyl groups excluding tert-OH is 1. The van der Waals surface area contributed by atoms with Gasteiger partial charge >= 0.3 is 0 Å². The van der Waals surface area contributed by atoms with Gasteiger partial charge in [-0.15, -0.1) is 6.58 Å². The van der Waals surface area contributed by atoms with Gasteiger partial charge in [0, 0.05) is 6.42 Å². The molecule has 0 heterocycles. The van der Waals surface area contributed by atoms with Crippen molar-refractivity contribution in [1.29, 1.82) is 0 Å². The summed E-state index contributed by atoms with van der Waals surface area (Å²) in [6, 6.07) is 0. The predicted molar refractivity (Wildman–Crippen MR) is 38.6 cm³/mol. The van der Waals surface area contributed by atoms with Crippen LogP contribution < -0.4 is 0 Å². The number of carbonyl (C=O) groups is 1. The van der Waals surface area contributed by atoms with Crippen LogP contribution >= 0.6 is 0 Å². The molecule has 2 nitrogen and oxygen atoms in total. The van der Waals surface area contributed by atoms with E-state index < -0.39 is 11.5 Å². The van der Waals surface area contributed by atoms with Gasteiger partial charge in [-0.2, -0.15) is 0 Å². The minimum absolute atomic E-state index is 0.106. The SMILES string of the molecule is C=C[C@]1(C)C(=O)CC[C@H]1O. The second kappa shape index (κ2) is 2.20. The summed E-state index contributed by atoms with van der Waals surface area (Å²) in [6.07, 6.45) is 2.11. The van der Waals surface area contributed by atoms with Gasteiger partial charge < -0.3 is 5.11 Å². The van der Waals surface area contributed by atoms with Gasteiger partial charge in [0.25, 0.3) is 0 Å². The molecule has 2 atom stereocenters. The monoisotopic (exact) mass is 140 g/mol. The molecular formula is C8H12O2. The third-order valence-corrected chi connectivity index (χ3v) is 2.36. The van der Waals surface area contributed by atoms with Crippen molar-refractivity contribution in [2.24, 2.45) is 5.41 Å². The summed E-state index contributed by atoms with van der Waals surface area (Å²) in [4.78, 5) is 11.1. The lowest BCUT2D eigenvalue weighted by molar-refractivity contribution is -0.125. The fourth-order valence-corrected chi connectivity index (χ4v) is 1.27. The number of rotatable bonds is 1. The topological polar surface area (TPSA) is 37.3 Å². The van der Waals surface area contributed by atoms with Crippen LogP contribution in [0, 0.1) is 5.41 Å². The van der Waals surface area contributed by atoms with Crippen molar-refractivity contribution in [3.05, 3.63) is 12.7 Å². The van der Waals surface area contributed by atoms with Crippen LogP contribution in [0.2, 0.25) is 0 Å². The van der Waals surface area contributed by atoms with Gasteiger partial charge in [0.2, 0.25) is 0 Å². The molecule has 0 aromatic rings. The van der Waals surface area contributed by atoms with E-state index in [-0.39, 0.29) is 5.78 Å². The Balaban J connectivity index is 2.90. The fraction of sp³-hybridized carbons (Fsp3) is 0.625. The molecule has 0 aromatic heterocycles. The first-order valence-corrected chi connectivity index (χ1v) is 3.46. The number of Topliss-reactive ketones (excluding diaryl/α,β-unsaturated/α-hetero) is 1. The second-order valence-electron chi connectivity index (χ2n) is 2.96. The highest BCUT2D eigenvalue weighted by Gasteiger charge is 2.42. The molecule has 1 aliphatic rings. The molecule has 0 aliphatic heterocycles. The van der Waals surface area contributed by atoms with E-state index in [1.807, 2.05) is 0 Å². The van der Waals surface area contributed by atoms with Crippen LogP contribution in [0.5, 0.6) is 0 Å². The van der Waals surface area contributed by atoms with Gasteiger partial charge in [0.05, 0.1) is 11.5 Å². The average molecular weight is 140 g/mol. The Labute approximate surface area is 60.6 Å². The second-order valence-corrected chi connectivity index (χ2v) is 2.96. The highest BCUT2D eigenvalue weighted by molar-refractivity contribution is 5.89. The lowest BCUT2D eigenvalue weighted by Crippen LogP contribution is -2.29. The molecule has 0 bridgehead atoms. The predicted octanol–water partition coefficient (Wildman–Crippen LogP) is 0.902. The zero-order valence-electron chi connectivity index (χ0n) is 6.13. The summed E-state index contributed by atoms with van der Waals surface area (Å²) in [6.45, 7) is 5.27. The van der Waals surface area contributed by atoms with E-state index in [9.17, 15) is 9.90 Å². The lowest BCUT2D eigenvalue weighted by Gasteiger charge is -2.20. The first-order valence-electron chi connectivity index (χ1n) is 3.46. The van der Waals surface area contributed by atoms with E-state index in [2.05, 4.69) is 6.58 Å². The molecule has 0 amide bonds. The van der Waals surface area contributed by atoms with E-state index in [1.54, 1.807) is 13.0 Å². The summed E-state index contributed by atoms with van der Waals surface area (Å²) in [5, 5.41) is 9.33. The number of hydrogen-bond acceptors (Lipinski definition) is 2. The molecule has 1 rings (SSSR count). The Bertz CT molecular complexity index is 174. The third-order valence-electron chi connectivity index (χ3n) is 2.36. The van der Waals surface area contributed by atoms with Crippen LogP contribution in [0.15, 0.2) is 12.7 Å². The largest absolute Gasteiger partial charge is 0.392 e. The van der Waals surface area contributed by atoms with Crippen LogP contribution in [-0.4, -0.2) is 17.0 Å². The summed E-state index contributed by atoms with van der Waals surface area (Å²) in [5.41, 5.74) is -0.667. The third kappa shape index (κ3) is 0.797. The molecule has 1 fully saturated rings. The fourth-order valence-electron chi connectivity index (χ4n) is 1.27. The minimum atomic E-state index is -0.667. The normalized spacial score (nSPS) is 40.2. The molecule has 0 radical (unpaired) electrons. The van der Waals surface area contributed by atoms with Crippen molar-refractivity contribution < 1.29 is 9.90 Å². The number of ketones is 1. The van der Waals surface area contributed by atoms with E-state index in [0.717, 1.165) is 0 Å². The van der Waals surface area contributed by atoms with Gasteiger partial charge in [-0.25, -0.2) is 0 Å². The van der Waals surface area contributed by atoms with Crippen molar-refractivity contribution in [3.63, 3.8) is 0 Å². The maximum atomic E-state index is 11.1. The zero-order chi connectivity index (χ0) is 7.78. The average Bonchev–Trinajstić information content (AvgIpc) is 2.18. The van der Waals surface area contributed by atoms with E-state index in [0.29, 0.717) is 12.8 Å². The Hall–Kier alpha value is -0.630. The smallest absolute Gasteiger partial charge is 0.145 e. The zero-order valence-corrected chi connectivity index (χ0v) is 6.13. The Kier molecular flexibility index (Phi) is 1.65. The molecule has 1 saturated carbocycles. The van der Waals surface area contributed by atoms with Crippen LogP contribution in [-0.2, 0) is 4.79 Å². The van der Waals surface area contributed by atoms with Gasteiger partial charge in [-0.05, 0) is 13.3 Å². The lowest BCUT2D eigenvalue weighted by atomic mass is 9.86. The molecular weight excluding hydrogens is 128 g/mol. The number of hydrogen-bond donors (Lipinski definition) is 1. The molecule has 2 heteroatoms. The molecule has 1 N–H and O–H groups in total. The highest BCUT2D eigenvalue weighted by Crippen LogP contribution is 2.35. The van der Waals surface area contributed by atoms with Gasteiger partial charge in [0.1, 0.15) is 5.78 Å². The van der Waals surface area contributed by atoms with Crippen molar-refractivity contribution in [2.45, 2.75) is 25.9 Å². The van der Waals surface area contributed by atoms with Crippen LogP contribution in [0.1, 0.15) is 19.8 Å². The van der Waals surface area contributed by atoms with E-state index in [1.165, 1.54) is 0 Å². The number of carbonyl (C=O) groups excluding carboxylic acids is 1. The van der Waals surface area contributed by atoms with E-state index >= 15 is 0 Å². The molecule has 0 saturated heterocycles. The van der Waals surface area contributed by atoms with Crippen molar-refractivity contribution in [3.8, 4) is 0 Å². The molecule has 10 heavy (non-hydrogen) atoms. The van der Waals surface area contributed by atoms with Crippen LogP contribution in [0.4, 0.5) is 0 Å². The molecule has 0 spiro atoms. The molecule has 1 aliphatic carbocycles. The summed E-state index contributed by atoms with van der Waals surface area (Å²) < 4.78 is 0. The molecule has 56 valence electrons. The number of aliphatic hydroxyl groups is 1. The van der Waals surface area contributed by atoms with Gasteiger partial charge in [0.15, 0.2) is 0 Å². The van der Waals surface area contributed by atoms with Gasteiger partial charge in [-0.3, -0.25) is 4.79 Å². The Morgan fingerprint density at radius 1 is 1.90 bits per heavy atom. The summed E-state index contributed by atoms with van der Waals surface area (Å²) >= 11 is 0. The first kappa shape index (κ1) is 7.48. The summed E-state index contributed by atoms with van der Waals surface area (Å²) in [7, 11) is 0. The quantitative estimate of drug-likeness (QED) is 0.549. The highest BCUT2D eigenvalue weighted by atomic mass is 16.3. The van der Waals surface area contributed by atoms with Gasteiger partial charge in [-0.1, -0.05) is 6.08 Å². The van der Waals surface area contributed by atoms with Crippen LogP contribution in [0.3, 0.4) is 0 Å². The van der Waals surface area contributed by atoms with Crippen molar-refractivity contribution in [1.82, 2.24) is 0 Å². The minimum Gasteiger partial charge on any atom is -0.392 e. The standard InChI is InChI=1S/C8H12O2/c1-3-8(2)6(9)4-5-7(8)10/h3,6,9H,1,4-5H2,2H3/t6-,8+/m1/s1. The van der Waals surface area contributed by atoms with Crippen molar-refractivity contribution >= 4 is 5.78 Å². The van der Waals surface area contributed by atoms with Crippen LogP contribution in [0.25, 0.3) is 0 Å². The Morgan fingerprint density at radius 2 is 2.50 bits per heavy atom.